The maximum Gasteiger partial charge on any atom is 0.243 e. The second-order valence-electron chi connectivity index (χ2n) is 5.00. The molecule has 0 aliphatic carbocycles. The minimum absolute atomic E-state index is 0.0631. The van der Waals surface area contributed by atoms with Crippen molar-refractivity contribution in [2.45, 2.75) is 17.9 Å². The first-order valence-electron chi connectivity index (χ1n) is 6.64. The SMILES string of the molecule is CNCc1cc(F)c(F)c(S(=O)(=O)NCC2CCOC2)c1. The molecule has 118 valence electrons. The topological polar surface area (TPSA) is 67.4 Å². The minimum atomic E-state index is -4.09. The lowest BCUT2D eigenvalue weighted by Gasteiger charge is -2.12. The van der Waals surface area contributed by atoms with E-state index in [-0.39, 0.29) is 19.0 Å². The molecule has 1 aliphatic heterocycles. The molecule has 2 rings (SSSR count). The maximum absolute atomic E-state index is 13.8. The van der Waals surface area contributed by atoms with Crippen molar-refractivity contribution in [3.05, 3.63) is 29.3 Å². The van der Waals surface area contributed by atoms with Gasteiger partial charge < -0.3 is 10.1 Å². The van der Waals surface area contributed by atoms with Crippen molar-refractivity contribution in [1.82, 2.24) is 10.0 Å². The molecule has 21 heavy (non-hydrogen) atoms. The van der Waals surface area contributed by atoms with Crippen LogP contribution in [0.25, 0.3) is 0 Å². The third-order valence-corrected chi connectivity index (χ3v) is 4.73. The Hall–Kier alpha value is -1.09. The van der Waals surface area contributed by atoms with Crippen LogP contribution in [0.5, 0.6) is 0 Å². The summed E-state index contributed by atoms with van der Waals surface area (Å²) < 4.78 is 59.0. The van der Waals surface area contributed by atoms with Crippen molar-refractivity contribution in [3.63, 3.8) is 0 Å². The van der Waals surface area contributed by atoms with Crippen molar-refractivity contribution >= 4 is 10.0 Å². The average molecular weight is 320 g/mol. The van der Waals surface area contributed by atoms with Gasteiger partial charge >= 0.3 is 0 Å². The molecule has 1 fully saturated rings. The quantitative estimate of drug-likeness (QED) is 0.820. The zero-order chi connectivity index (χ0) is 15.5. The van der Waals surface area contributed by atoms with Gasteiger partial charge in [-0.25, -0.2) is 21.9 Å². The Morgan fingerprint density at radius 2 is 2.14 bits per heavy atom. The van der Waals surface area contributed by atoms with Gasteiger partial charge in [-0.2, -0.15) is 0 Å². The maximum atomic E-state index is 13.8. The molecular weight excluding hydrogens is 302 g/mol. The second-order valence-corrected chi connectivity index (χ2v) is 6.74. The molecule has 0 amide bonds. The van der Waals surface area contributed by atoms with E-state index in [0.717, 1.165) is 18.6 Å². The van der Waals surface area contributed by atoms with Crippen LogP contribution in [-0.2, 0) is 21.3 Å². The molecule has 0 bridgehead atoms. The third kappa shape index (κ3) is 3.97. The lowest BCUT2D eigenvalue weighted by Crippen LogP contribution is -2.30. The molecule has 1 saturated heterocycles. The Bertz CT molecular complexity index is 602. The molecule has 0 saturated carbocycles. The number of rotatable bonds is 6. The smallest absolute Gasteiger partial charge is 0.243 e. The van der Waals surface area contributed by atoms with Crippen molar-refractivity contribution in [2.75, 3.05) is 26.8 Å². The molecule has 1 heterocycles. The number of ether oxygens (including phenoxy) is 1. The van der Waals surface area contributed by atoms with Crippen molar-refractivity contribution in [1.29, 1.82) is 0 Å². The molecule has 0 spiro atoms. The largest absolute Gasteiger partial charge is 0.381 e. The molecular formula is C13H18F2N2O3S. The van der Waals surface area contributed by atoms with E-state index in [4.69, 9.17) is 4.74 Å². The summed E-state index contributed by atoms with van der Waals surface area (Å²) in [6.45, 7) is 1.46. The Labute approximate surface area is 122 Å². The monoisotopic (exact) mass is 320 g/mol. The fourth-order valence-electron chi connectivity index (χ4n) is 2.17. The fraction of sp³-hybridized carbons (Fsp3) is 0.538. The number of sulfonamides is 1. The number of hydrogen-bond acceptors (Lipinski definition) is 4. The third-order valence-electron chi connectivity index (χ3n) is 3.31. The first-order valence-corrected chi connectivity index (χ1v) is 8.12. The van der Waals surface area contributed by atoms with Gasteiger partial charge in [0, 0.05) is 19.7 Å². The molecule has 0 radical (unpaired) electrons. The summed E-state index contributed by atoms with van der Waals surface area (Å²) >= 11 is 0. The lowest BCUT2D eigenvalue weighted by molar-refractivity contribution is 0.186. The first kappa shape index (κ1) is 16.3. The predicted molar refractivity (Wildman–Crippen MR) is 73.2 cm³/mol. The number of halogens is 2. The summed E-state index contributed by atoms with van der Waals surface area (Å²) in [4.78, 5) is -0.660. The molecule has 1 aliphatic rings. The van der Waals surface area contributed by atoms with Crippen LogP contribution in [0.15, 0.2) is 17.0 Å². The summed E-state index contributed by atoms with van der Waals surface area (Å²) in [6.07, 6.45) is 0.749. The van der Waals surface area contributed by atoms with Crippen LogP contribution >= 0.6 is 0 Å². The summed E-state index contributed by atoms with van der Waals surface area (Å²) in [5, 5.41) is 2.77. The van der Waals surface area contributed by atoms with E-state index in [1.54, 1.807) is 7.05 Å². The Balaban J connectivity index is 2.21. The van der Waals surface area contributed by atoms with E-state index in [1.807, 2.05) is 0 Å². The van der Waals surface area contributed by atoms with Crippen molar-refractivity contribution in [3.8, 4) is 0 Å². The van der Waals surface area contributed by atoms with Gasteiger partial charge in [-0.1, -0.05) is 0 Å². The molecule has 1 atom stereocenters. The normalized spacial score (nSPS) is 19.1. The molecule has 0 aromatic heterocycles. The van der Waals surface area contributed by atoms with Crippen LogP contribution in [0, 0.1) is 17.6 Å². The van der Waals surface area contributed by atoms with E-state index in [0.29, 0.717) is 18.8 Å². The standard InChI is InChI=1S/C13H18F2N2O3S/c1-16-6-10-4-11(14)13(15)12(5-10)21(18,19)17-7-9-2-3-20-8-9/h4-5,9,16-17H,2-3,6-8H2,1H3. The summed E-state index contributed by atoms with van der Waals surface area (Å²) in [7, 11) is -2.46. The van der Waals surface area contributed by atoms with E-state index in [1.165, 1.54) is 0 Å². The Kier molecular flexibility index (Phi) is 5.26. The van der Waals surface area contributed by atoms with Gasteiger partial charge in [0.2, 0.25) is 10.0 Å². The second kappa shape index (κ2) is 6.78. The van der Waals surface area contributed by atoms with Gasteiger partial charge in [-0.15, -0.1) is 0 Å². The van der Waals surface area contributed by atoms with Crippen LogP contribution in [-0.4, -0.2) is 35.2 Å². The number of nitrogens with one attached hydrogen (secondary N) is 2. The number of hydrogen-bond donors (Lipinski definition) is 2. The van der Waals surface area contributed by atoms with Gasteiger partial charge in [0.05, 0.1) is 6.61 Å². The first-order chi connectivity index (χ1) is 9.94. The van der Waals surface area contributed by atoms with Gasteiger partial charge in [0.1, 0.15) is 4.90 Å². The molecule has 1 unspecified atom stereocenters. The zero-order valence-corrected chi connectivity index (χ0v) is 12.5. The van der Waals surface area contributed by atoms with Crippen molar-refractivity contribution < 1.29 is 21.9 Å². The number of benzene rings is 1. The van der Waals surface area contributed by atoms with Gasteiger partial charge in [0.25, 0.3) is 0 Å². The average Bonchev–Trinajstić information content (AvgIpc) is 2.94. The van der Waals surface area contributed by atoms with E-state index in [9.17, 15) is 17.2 Å². The molecule has 8 heteroatoms. The van der Waals surface area contributed by atoms with Crippen LogP contribution in [0.1, 0.15) is 12.0 Å². The molecule has 1 aromatic rings. The summed E-state index contributed by atoms with van der Waals surface area (Å²) in [5.41, 5.74) is 0.362. The van der Waals surface area contributed by atoms with Gasteiger partial charge in [-0.3, -0.25) is 0 Å². The zero-order valence-electron chi connectivity index (χ0n) is 11.7. The highest BCUT2D eigenvalue weighted by atomic mass is 32.2. The van der Waals surface area contributed by atoms with E-state index in [2.05, 4.69) is 10.0 Å². The highest BCUT2D eigenvalue weighted by molar-refractivity contribution is 7.89. The molecule has 5 nitrogen and oxygen atoms in total. The fourth-order valence-corrected chi connectivity index (χ4v) is 3.42. The molecule has 2 N–H and O–H groups in total. The van der Waals surface area contributed by atoms with Crippen LogP contribution < -0.4 is 10.0 Å². The predicted octanol–water partition coefficient (Wildman–Crippen LogP) is 0.999. The lowest BCUT2D eigenvalue weighted by atomic mass is 10.1. The molecule has 1 aromatic carbocycles. The van der Waals surface area contributed by atoms with E-state index < -0.39 is 26.6 Å². The Morgan fingerprint density at radius 1 is 1.38 bits per heavy atom. The van der Waals surface area contributed by atoms with Crippen LogP contribution in [0.4, 0.5) is 8.78 Å². The highest BCUT2D eigenvalue weighted by Crippen LogP contribution is 2.20. The van der Waals surface area contributed by atoms with E-state index >= 15 is 0 Å². The van der Waals surface area contributed by atoms with Crippen LogP contribution in [0.3, 0.4) is 0 Å². The van der Waals surface area contributed by atoms with Gasteiger partial charge in [0.15, 0.2) is 11.6 Å². The Morgan fingerprint density at radius 3 is 2.76 bits per heavy atom. The van der Waals surface area contributed by atoms with Crippen molar-refractivity contribution in [2.24, 2.45) is 5.92 Å². The summed E-state index contributed by atoms with van der Waals surface area (Å²) in [5.74, 6) is -2.47. The van der Waals surface area contributed by atoms with Crippen LogP contribution in [0.2, 0.25) is 0 Å². The minimum Gasteiger partial charge on any atom is -0.381 e. The van der Waals surface area contributed by atoms with Gasteiger partial charge in [-0.05, 0) is 37.1 Å². The summed E-state index contributed by atoms with van der Waals surface area (Å²) in [6, 6.07) is 2.12. The highest BCUT2D eigenvalue weighted by Gasteiger charge is 2.25.